The van der Waals surface area contributed by atoms with E-state index >= 15 is 0 Å². The fourth-order valence-electron chi connectivity index (χ4n) is 2.33. The average molecular weight is 381 g/mol. The lowest BCUT2D eigenvalue weighted by atomic mass is 10.1. The second-order valence-corrected chi connectivity index (χ2v) is 6.67. The van der Waals surface area contributed by atoms with Gasteiger partial charge in [0.25, 0.3) is 5.91 Å². The third kappa shape index (κ3) is 4.95. The van der Waals surface area contributed by atoms with E-state index in [4.69, 9.17) is 28.9 Å². The van der Waals surface area contributed by atoms with Crippen LogP contribution in [0, 0.1) is 0 Å². The van der Waals surface area contributed by atoms with Gasteiger partial charge < -0.3 is 16.0 Å². The third-order valence-electron chi connectivity index (χ3n) is 4.07. The average Bonchev–Trinajstić information content (AvgIpc) is 2.58. The molecule has 0 aliphatic rings. The van der Waals surface area contributed by atoms with Crippen LogP contribution >= 0.6 is 23.2 Å². The number of anilines is 1. The van der Waals surface area contributed by atoms with E-state index in [1.165, 1.54) is 0 Å². The molecule has 0 aromatic heterocycles. The minimum Gasteiger partial charge on any atom is -0.366 e. The van der Waals surface area contributed by atoms with Gasteiger partial charge in [-0.2, -0.15) is 0 Å². The van der Waals surface area contributed by atoms with E-state index in [-0.39, 0.29) is 11.9 Å². The van der Waals surface area contributed by atoms with Crippen molar-refractivity contribution in [2.75, 3.05) is 12.4 Å². The summed E-state index contributed by atoms with van der Waals surface area (Å²) in [5.74, 6) is -0.642. The molecule has 0 aliphatic heterocycles. The van der Waals surface area contributed by atoms with E-state index in [9.17, 15) is 9.59 Å². The third-order valence-corrected chi connectivity index (χ3v) is 4.93. The zero-order chi connectivity index (χ0) is 18.6. The number of likely N-dealkylation sites (N-methyl/N-ethyl adjacent to an activating group) is 1. The second-order valence-electron chi connectivity index (χ2n) is 5.89. The Morgan fingerprint density at radius 1 is 1.16 bits per heavy atom. The van der Waals surface area contributed by atoms with Crippen LogP contribution < -0.4 is 16.0 Å². The summed E-state index contributed by atoms with van der Waals surface area (Å²) in [7, 11) is 1.91. The maximum atomic E-state index is 12.4. The number of halogens is 2. The molecule has 2 rings (SSSR count). The Labute approximate surface area is 156 Å². The van der Waals surface area contributed by atoms with E-state index in [0.717, 1.165) is 10.5 Å². The van der Waals surface area contributed by atoms with Crippen molar-refractivity contribution in [2.45, 2.75) is 19.5 Å². The standard InChI is InChI=1S/C18H19Cl2N3O2/c1-11(23(2)10-13-4-3-5-15(19)16(13)20)18(25)22-14-8-6-12(7-9-14)17(21)24/h3-9,11H,10H2,1-2H3,(H2,21,24)(H,22,25)/p+1/t11-/m1/s1. The summed E-state index contributed by atoms with van der Waals surface area (Å²) < 4.78 is 0. The van der Waals surface area contributed by atoms with E-state index < -0.39 is 5.91 Å². The summed E-state index contributed by atoms with van der Waals surface area (Å²) in [6, 6.07) is 11.6. The molecule has 132 valence electrons. The lowest BCUT2D eigenvalue weighted by Crippen LogP contribution is -3.12. The van der Waals surface area contributed by atoms with Gasteiger partial charge in [-0.05, 0) is 37.3 Å². The van der Waals surface area contributed by atoms with Crippen molar-refractivity contribution in [1.29, 1.82) is 0 Å². The molecule has 0 saturated heterocycles. The Kier molecular flexibility index (Phi) is 6.42. The number of carbonyl (C=O) groups is 2. The van der Waals surface area contributed by atoms with Crippen LogP contribution in [0.15, 0.2) is 42.5 Å². The first-order valence-corrected chi connectivity index (χ1v) is 8.51. The summed E-state index contributed by atoms with van der Waals surface area (Å²) in [5, 5.41) is 3.84. The van der Waals surface area contributed by atoms with Crippen LogP contribution in [0.3, 0.4) is 0 Å². The van der Waals surface area contributed by atoms with Gasteiger partial charge in [-0.25, -0.2) is 0 Å². The lowest BCUT2D eigenvalue weighted by Gasteiger charge is -2.21. The topological polar surface area (TPSA) is 76.6 Å². The predicted molar refractivity (Wildman–Crippen MR) is 100 cm³/mol. The smallest absolute Gasteiger partial charge is 0.282 e. The first-order chi connectivity index (χ1) is 11.8. The molecule has 0 fully saturated rings. The van der Waals surface area contributed by atoms with Crippen LogP contribution in [0.4, 0.5) is 5.69 Å². The molecule has 2 aromatic rings. The summed E-state index contributed by atoms with van der Waals surface area (Å²) >= 11 is 12.2. The number of rotatable bonds is 6. The molecule has 5 nitrogen and oxygen atoms in total. The Hall–Kier alpha value is -2.08. The molecule has 4 N–H and O–H groups in total. The summed E-state index contributed by atoms with van der Waals surface area (Å²) in [4.78, 5) is 24.5. The molecule has 0 heterocycles. The van der Waals surface area contributed by atoms with E-state index in [1.54, 1.807) is 30.3 Å². The first kappa shape index (κ1) is 19.2. The fourth-order valence-corrected chi connectivity index (χ4v) is 2.72. The van der Waals surface area contributed by atoms with Crippen molar-refractivity contribution >= 4 is 40.7 Å². The van der Waals surface area contributed by atoms with Crippen LogP contribution in [-0.4, -0.2) is 24.9 Å². The molecule has 0 aliphatic carbocycles. The molecule has 25 heavy (non-hydrogen) atoms. The Morgan fingerprint density at radius 2 is 1.80 bits per heavy atom. The highest BCUT2D eigenvalue weighted by molar-refractivity contribution is 6.42. The highest BCUT2D eigenvalue weighted by Crippen LogP contribution is 2.24. The van der Waals surface area contributed by atoms with E-state index in [1.807, 2.05) is 26.1 Å². The molecule has 0 spiro atoms. The van der Waals surface area contributed by atoms with Gasteiger partial charge in [0.1, 0.15) is 6.54 Å². The van der Waals surface area contributed by atoms with Gasteiger partial charge in [0.05, 0.1) is 17.1 Å². The number of benzene rings is 2. The maximum Gasteiger partial charge on any atom is 0.282 e. The van der Waals surface area contributed by atoms with Crippen molar-refractivity contribution in [1.82, 2.24) is 0 Å². The van der Waals surface area contributed by atoms with Crippen molar-refractivity contribution < 1.29 is 14.5 Å². The zero-order valence-electron chi connectivity index (χ0n) is 14.0. The Morgan fingerprint density at radius 3 is 2.40 bits per heavy atom. The Bertz CT molecular complexity index is 778. The summed E-state index contributed by atoms with van der Waals surface area (Å²) in [6.07, 6.45) is 0. The van der Waals surface area contributed by atoms with Gasteiger partial charge in [0.2, 0.25) is 5.91 Å². The molecule has 0 bridgehead atoms. The van der Waals surface area contributed by atoms with Gasteiger partial charge in [0, 0.05) is 16.8 Å². The normalized spacial score (nSPS) is 13.1. The molecule has 0 saturated carbocycles. The van der Waals surface area contributed by atoms with Gasteiger partial charge in [-0.3, -0.25) is 9.59 Å². The highest BCUT2D eigenvalue weighted by atomic mass is 35.5. The zero-order valence-corrected chi connectivity index (χ0v) is 15.5. The quantitative estimate of drug-likeness (QED) is 0.717. The van der Waals surface area contributed by atoms with Crippen molar-refractivity contribution in [3.8, 4) is 0 Å². The minimum absolute atomic E-state index is 0.137. The first-order valence-electron chi connectivity index (χ1n) is 7.75. The van der Waals surface area contributed by atoms with Crippen LogP contribution in [-0.2, 0) is 11.3 Å². The number of nitrogens with one attached hydrogen (secondary N) is 2. The number of quaternary nitrogens is 1. The maximum absolute atomic E-state index is 12.4. The predicted octanol–water partition coefficient (Wildman–Crippen LogP) is 2.13. The molecular weight excluding hydrogens is 361 g/mol. The number of amides is 2. The number of nitrogens with two attached hydrogens (primary N) is 1. The highest BCUT2D eigenvalue weighted by Gasteiger charge is 2.23. The van der Waals surface area contributed by atoms with Crippen molar-refractivity contribution in [2.24, 2.45) is 5.73 Å². The van der Waals surface area contributed by atoms with Crippen LogP contribution in [0.2, 0.25) is 10.0 Å². The second kappa shape index (κ2) is 8.34. The molecule has 0 radical (unpaired) electrons. The monoisotopic (exact) mass is 380 g/mol. The molecule has 1 unspecified atom stereocenters. The lowest BCUT2D eigenvalue weighted by molar-refractivity contribution is -0.907. The van der Waals surface area contributed by atoms with Crippen molar-refractivity contribution in [3.63, 3.8) is 0 Å². The van der Waals surface area contributed by atoms with Crippen molar-refractivity contribution in [3.05, 3.63) is 63.6 Å². The number of carbonyl (C=O) groups excluding carboxylic acids is 2. The fraction of sp³-hybridized carbons (Fsp3) is 0.222. The summed E-state index contributed by atoms with van der Waals surface area (Å²) in [6.45, 7) is 2.40. The van der Waals surface area contributed by atoms with Gasteiger partial charge >= 0.3 is 0 Å². The molecule has 2 amide bonds. The summed E-state index contributed by atoms with van der Waals surface area (Å²) in [5.41, 5.74) is 7.09. The SMILES string of the molecule is C[C@H](C(=O)Nc1ccc(C(N)=O)cc1)[NH+](C)Cc1cccc(Cl)c1Cl. The van der Waals surface area contributed by atoms with E-state index in [2.05, 4.69) is 5.32 Å². The molecule has 2 atom stereocenters. The molecular formula is C18H20Cl2N3O2+. The van der Waals surface area contributed by atoms with Crippen LogP contribution in [0.25, 0.3) is 0 Å². The van der Waals surface area contributed by atoms with Gasteiger partial charge in [-0.1, -0.05) is 35.3 Å². The minimum atomic E-state index is -0.506. The van der Waals surface area contributed by atoms with Crippen LogP contribution in [0.5, 0.6) is 0 Å². The van der Waals surface area contributed by atoms with E-state index in [0.29, 0.717) is 27.8 Å². The number of primary amides is 1. The Balaban J connectivity index is 2.01. The number of hydrogen-bond donors (Lipinski definition) is 3. The number of hydrogen-bond acceptors (Lipinski definition) is 2. The van der Waals surface area contributed by atoms with Gasteiger partial charge in [0.15, 0.2) is 6.04 Å². The van der Waals surface area contributed by atoms with Crippen LogP contribution in [0.1, 0.15) is 22.8 Å². The van der Waals surface area contributed by atoms with Gasteiger partial charge in [-0.15, -0.1) is 0 Å². The molecule has 7 heteroatoms. The largest absolute Gasteiger partial charge is 0.366 e. The molecule has 2 aromatic carbocycles.